The number of benzene rings is 2. The van der Waals surface area contributed by atoms with E-state index < -0.39 is 0 Å². The van der Waals surface area contributed by atoms with E-state index >= 15 is 0 Å². The Morgan fingerprint density at radius 3 is 2.38 bits per heavy atom. The zero-order valence-electron chi connectivity index (χ0n) is 22.3. The van der Waals surface area contributed by atoms with Crippen molar-refractivity contribution < 1.29 is 4.74 Å². The zero-order chi connectivity index (χ0) is 27.9. The second kappa shape index (κ2) is 10.6. The Morgan fingerprint density at radius 1 is 0.875 bits per heavy atom. The Labute approximate surface area is 242 Å². The van der Waals surface area contributed by atoms with Crippen LogP contribution in [0.15, 0.2) is 67.3 Å². The lowest BCUT2D eigenvalue weighted by atomic mass is 9.84. The molecule has 1 aliphatic rings. The summed E-state index contributed by atoms with van der Waals surface area (Å²) in [5.41, 5.74) is 6.10. The number of nitrogens with zero attached hydrogens (tertiary/aromatic N) is 6. The normalized spacial score (nSPS) is 14.6. The summed E-state index contributed by atoms with van der Waals surface area (Å²) >= 11 is 13.9. The topological polar surface area (TPSA) is 88.9 Å². The maximum absolute atomic E-state index is 7.00. The van der Waals surface area contributed by atoms with Crippen LogP contribution < -0.4 is 10.1 Å². The number of methoxy groups -OCH3 is 1. The molecule has 40 heavy (non-hydrogen) atoms. The molecule has 1 saturated heterocycles. The molecule has 0 bridgehead atoms. The molecule has 2 aromatic carbocycles. The molecule has 1 fully saturated rings. The van der Waals surface area contributed by atoms with Crippen molar-refractivity contribution >= 4 is 45.7 Å². The molecule has 0 amide bonds. The van der Waals surface area contributed by atoms with Gasteiger partial charge in [0.05, 0.1) is 40.2 Å². The number of hydrogen-bond donors (Lipinski definition) is 1. The Bertz CT molecular complexity index is 1710. The first-order valence-corrected chi connectivity index (χ1v) is 13.6. The number of likely N-dealkylation sites (tertiary alicyclic amines) is 1. The van der Waals surface area contributed by atoms with E-state index in [4.69, 9.17) is 37.9 Å². The fourth-order valence-corrected chi connectivity index (χ4v) is 5.78. The van der Waals surface area contributed by atoms with Crippen LogP contribution in [0.2, 0.25) is 10.0 Å². The highest BCUT2D eigenvalue weighted by Crippen LogP contribution is 2.42. The second-order valence-corrected chi connectivity index (χ2v) is 11.3. The van der Waals surface area contributed by atoms with Gasteiger partial charge in [-0.3, -0.25) is 14.9 Å². The molecule has 0 spiro atoms. The Kier molecular flexibility index (Phi) is 7.00. The van der Waals surface area contributed by atoms with E-state index in [0.717, 1.165) is 41.0 Å². The lowest BCUT2D eigenvalue weighted by Crippen LogP contribution is -2.52. The van der Waals surface area contributed by atoms with Gasteiger partial charge in [0.25, 0.3) is 0 Å². The van der Waals surface area contributed by atoms with Crippen LogP contribution in [0.3, 0.4) is 0 Å². The molecule has 202 valence electrons. The van der Waals surface area contributed by atoms with Crippen molar-refractivity contribution in [3.8, 4) is 28.3 Å². The third-order valence-corrected chi connectivity index (χ3v) is 7.70. The minimum absolute atomic E-state index is 0.335. The summed E-state index contributed by atoms with van der Waals surface area (Å²) < 4.78 is 5.62. The third kappa shape index (κ3) is 5.06. The van der Waals surface area contributed by atoms with Crippen molar-refractivity contribution in [3.63, 3.8) is 0 Å². The van der Waals surface area contributed by atoms with E-state index in [9.17, 15) is 0 Å². The summed E-state index contributed by atoms with van der Waals surface area (Å²) in [4.78, 5) is 25.0. The van der Waals surface area contributed by atoms with Gasteiger partial charge in [0, 0.05) is 54.9 Å². The molecule has 6 rings (SSSR count). The molecule has 0 aliphatic carbocycles. The van der Waals surface area contributed by atoms with E-state index in [1.165, 1.54) is 0 Å². The largest absolute Gasteiger partial charge is 0.480 e. The average Bonchev–Trinajstić information content (AvgIpc) is 2.94. The van der Waals surface area contributed by atoms with Crippen LogP contribution in [0.1, 0.15) is 19.5 Å². The van der Waals surface area contributed by atoms with E-state index in [2.05, 4.69) is 39.0 Å². The van der Waals surface area contributed by atoms with Crippen LogP contribution in [0.5, 0.6) is 5.88 Å². The number of hydrogen-bond acceptors (Lipinski definition) is 8. The number of aromatic nitrogens is 5. The number of halogens is 2. The van der Waals surface area contributed by atoms with Crippen molar-refractivity contribution in [2.45, 2.75) is 20.4 Å². The van der Waals surface area contributed by atoms with Crippen molar-refractivity contribution in [1.29, 1.82) is 0 Å². The molecular formula is C30H27Cl2N7O. The number of pyridine rings is 1. The molecule has 10 heteroatoms. The first-order valence-electron chi connectivity index (χ1n) is 12.9. The van der Waals surface area contributed by atoms with E-state index in [-0.39, 0.29) is 0 Å². The summed E-state index contributed by atoms with van der Waals surface area (Å²) in [7, 11) is 1.62. The molecule has 3 aromatic heterocycles. The Morgan fingerprint density at radius 2 is 1.60 bits per heavy atom. The van der Waals surface area contributed by atoms with Crippen LogP contribution >= 0.6 is 23.2 Å². The minimum atomic E-state index is 0.335. The highest BCUT2D eigenvalue weighted by Gasteiger charge is 2.34. The Balaban J connectivity index is 1.32. The zero-order valence-corrected chi connectivity index (χ0v) is 23.8. The predicted octanol–water partition coefficient (Wildman–Crippen LogP) is 7.05. The molecule has 4 heterocycles. The maximum atomic E-state index is 7.00. The fraction of sp³-hybridized carbons (Fsp3) is 0.233. The van der Waals surface area contributed by atoms with Crippen LogP contribution in [0, 0.1) is 5.41 Å². The van der Waals surface area contributed by atoms with Crippen LogP contribution in [-0.4, -0.2) is 50.0 Å². The van der Waals surface area contributed by atoms with Crippen LogP contribution in [0.4, 0.5) is 11.5 Å². The number of fused-ring (bicyclic) bond motifs is 1. The Hall–Kier alpha value is -3.85. The summed E-state index contributed by atoms with van der Waals surface area (Å²) in [5.74, 6) is 1.06. The summed E-state index contributed by atoms with van der Waals surface area (Å²) in [5, 5.41) is 4.33. The summed E-state index contributed by atoms with van der Waals surface area (Å²) in [6.07, 6.45) is 6.72. The van der Waals surface area contributed by atoms with Gasteiger partial charge >= 0.3 is 0 Å². The number of ether oxygens (including phenoxy) is 1. The number of rotatable bonds is 7. The average molecular weight is 572 g/mol. The van der Waals surface area contributed by atoms with Crippen LogP contribution in [-0.2, 0) is 6.54 Å². The lowest BCUT2D eigenvalue weighted by molar-refractivity contribution is 0.0225. The molecule has 5 aromatic rings. The molecule has 0 radical (unpaired) electrons. The predicted molar refractivity (Wildman–Crippen MR) is 159 cm³/mol. The van der Waals surface area contributed by atoms with Gasteiger partial charge in [-0.1, -0.05) is 67.4 Å². The number of anilines is 2. The van der Waals surface area contributed by atoms with Gasteiger partial charge in [-0.05, 0) is 17.5 Å². The van der Waals surface area contributed by atoms with E-state index in [1.54, 1.807) is 31.9 Å². The molecule has 1 aliphatic heterocycles. The van der Waals surface area contributed by atoms with Crippen molar-refractivity contribution in [2.75, 3.05) is 25.5 Å². The SMILES string of the molecule is COc1nc(-c2cccc(-c3cccc(Nc4nccc5nccnc45)c3Cl)c2Cl)cnc1CN1CC(C)(C)C1. The molecule has 1 N–H and O–H groups in total. The monoisotopic (exact) mass is 571 g/mol. The van der Waals surface area contributed by atoms with Gasteiger partial charge in [0.1, 0.15) is 11.2 Å². The van der Waals surface area contributed by atoms with Gasteiger partial charge in [-0.2, -0.15) is 0 Å². The first-order chi connectivity index (χ1) is 19.3. The van der Waals surface area contributed by atoms with Gasteiger partial charge in [0.15, 0.2) is 5.82 Å². The minimum Gasteiger partial charge on any atom is -0.480 e. The maximum Gasteiger partial charge on any atom is 0.237 e. The van der Waals surface area contributed by atoms with Crippen molar-refractivity contribution in [2.24, 2.45) is 5.41 Å². The van der Waals surface area contributed by atoms with E-state index in [1.807, 2.05) is 42.5 Å². The highest BCUT2D eigenvalue weighted by molar-refractivity contribution is 6.39. The van der Waals surface area contributed by atoms with Gasteiger partial charge in [0.2, 0.25) is 5.88 Å². The molecule has 0 atom stereocenters. The fourth-order valence-electron chi connectivity index (χ4n) is 5.18. The first kappa shape index (κ1) is 26.4. The van der Waals surface area contributed by atoms with Gasteiger partial charge in [-0.15, -0.1) is 0 Å². The second-order valence-electron chi connectivity index (χ2n) is 10.6. The lowest BCUT2D eigenvalue weighted by Gasteiger charge is -2.45. The standard InChI is InChI=1S/C30H27Cl2N7O/c1-30(2)16-39(17-30)15-24-29(40-3)38-23(14-36-24)20-8-4-6-18(25(20)31)19-7-5-9-21(26(19)32)37-28-27-22(10-11-35-28)33-12-13-34-27/h4-14H,15-17H2,1-3H3,(H,35,37). The number of nitrogens with one attached hydrogen (secondary N) is 1. The highest BCUT2D eigenvalue weighted by atomic mass is 35.5. The van der Waals surface area contributed by atoms with Crippen molar-refractivity contribution in [1.82, 2.24) is 29.8 Å². The molecule has 0 saturated carbocycles. The van der Waals surface area contributed by atoms with E-state index in [0.29, 0.717) is 50.6 Å². The smallest absolute Gasteiger partial charge is 0.237 e. The van der Waals surface area contributed by atoms with Crippen LogP contribution in [0.25, 0.3) is 33.4 Å². The molecule has 0 unspecified atom stereocenters. The quantitative estimate of drug-likeness (QED) is 0.222. The third-order valence-electron chi connectivity index (χ3n) is 6.89. The molecular weight excluding hydrogens is 545 g/mol. The van der Waals surface area contributed by atoms with Gasteiger partial charge < -0.3 is 10.1 Å². The summed E-state index contributed by atoms with van der Waals surface area (Å²) in [6.45, 7) is 7.26. The molecule has 8 nitrogen and oxygen atoms in total. The summed E-state index contributed by atoms with van der Waals surface area (Å²) in [6, 6.07) is 13.3. The van der Waals surface area contributed by atoms with Gasteiger partial charge in [-0.25, -0.2) is 15.0 Å². The van der Waals surface area contributed by atoms with Crippen molar-refractivity contribution in [3.05, 3.63) is 83.0 Å².